The van der Waals surface area contributed by atoms with E-state index in [0.717, 1.165) is 22.2 Å². The average molecular weight is 348 g/mol. The van der Waals surface area contributed by atoms with Gasteiger partial charge in [0.1, 0.15) is 5.60 Å². The molecule has 1 unspecified atom stereocenters. The van der Waals surface area contributed by atoms with Crippen LogP contribution in [0.25, 0.3) is 10.9 Å². The summed E-state index contributed by atoms with van der Waals surface area (Å²) >= 11 is 0. The number of nitrogens with zero attached hydrogens (tertiary/aromatic N) is 1. The van der Waals surface area contributed by atoms with Crippen LogP contribution < -0.4 is 5.32 Å². The van der Waals surface area contributed by atoms with Crippen molar-refractivity contribution in [3.63, 3.8) is 0 Å². The van der Waals surface area contributed by atoms with E-state index >= 15 is 0 Å². The molecule has 4 nitrogen and oxygen atoms in total. The van der Waals surface area contributed by atoms with Gasteiger partial charge in [0.15, 0.2) is 0 Å². The van der Waals surface area contributed by atoms with Crippen molar-refractivity contribution >= 4 is 17.0 Å². The second-order valence-corrected chi connectivity index (χ2v) is 7.31. The molecule has 0 spiro atoms. The Bertz CT molecular complexity index is 885. The molecule has 1 amide bonds. The summed E-state index contributed by atoms with van der Waals surface area (Å²) in [5.41, 5.74) is 2.36. The Morgan fingerprint density at radius 2 is 1.69 bits per heavy atom. The first-order valence-corrected chi connectivity index (χ1v) is 8.80. The van der Waals surface area contributed by atoms with E-state index in [9.17, 15) is 4.79 Å². The molecule has 3 aromatic rings. The van der Waals surface area contributed by atoms with Crippen LogP contribution in [0, 0.1) is 0 Å². The molecule has 2 aromatic carbocycles. The number of pyridine rings is 1. The lowest BCUT2D eigenvalue weighted by Gasteiger charge is -2.24. The number of rotatable bonds is 4. The minimum absolute atomic E-state index is 0.209. The molecular weight excluding hydrogens is 324 g/mol. The average Bonchev–Trinajstić information content (AvgIpc) is 2.60. The second kappa shape index (κ2) is 7.56. The maximum atomic E-state index is 12.3. The highest BCUT2D eigenvalue weighted by molar-refractivity contribution is 5.78. The molecule has 1 N–H and O–H groups in total. The highest BCUT2D eigenvalue weighted by Gasteiger charge is 2.21. The normalized spacial score (nSPS) is 12.6. The van der Waals surface area contributed by atoms with Crippen molar-refractivity contribution in [2.75, 3.05) is 0 Å². The zero-order valence-corrected chi connectivity index (χ0v) is 15.4. The third-order valence-corrected chi connectivity index (χ3v) is 3.96. The van der Waals surface area contributed by atoms with Crippen molar-refractivity contribution in [3.8, 4) is 0 Å². The van der Waals surface area contributed by atoms with Crippen LogP contribution in [0.2, 0.25) is 0 Å². The first-order chi connectivity index (χ1) is 12.4. The van der Waals surface area contributed by atoms with E-state index in [1.54, 1.807) is 0 Å². The van der Waals surface area contributed by atoms with Gasteiger partial charge in [-0.15, -0.1) is 0 Å². The van der Waals surface area contributed by atoms with Gasteiger partial charge in [-0.3, -0.25) is 4.98 Å². The SMILES string of the molecule is CC(C)(C)OC(=O)NC(Cc1ccc2ccccc2n1)c1ccccc1. The molecule has 0 saturated carbocycles. The smallest absolute Gasteiger partial charge is 0.408 e. The van der Waals surface area contributed by atoms with E-state index in [1.165, 1.54) is 0 Å². The maximum absolute atomic E-state index is 12.3. The number of carbonyl (C=O) groups excluding carboxylic acids is 1. The zero-order chi connectivity index (χ0) is 18.6. The molecule has 0 bridgehead atoms. The molecule has 0 saturated heterocycles. The van der Waals surface area contributed by atoms with Gasteiger partial charge in [0, 0.05) is 17.5 Å². The van der Waals surface area contributed by atoms with Gasteiger partial charge in [-0.2, -0.15) is 0 Å². The van der Waals surface area contributed by atoms with Gasteiger partial charge < -0.3 is 10.1 Å². The van der Waals surface area contributed by atoms with Crippen LogP contribution in [-0.4, -0.2) is 16.7 Å². The number of alkyl carbamates (subject to hydrolysis) is 1. The van der Waals surface area contributed by atoms with Crippen molar-refractivity contribution in [2.24, 2.45) is 0 Å². The summed E-state index contributed by atoms with van der Waals surface area (Å²) in [4.78, 5) is 17.0. The van der Waals surface area contributed by atoms with Gasteiger partial charge >= 0.3 is 6.09 Å². The Morgan fingerprint density at radius 3 is 2.42 bits per heavy atom. The van der Waals surface area contributed by atoms with Crippen LogP contribution in [0.5, 0.6) is 0 Å². The topological polar surface area (TPSA) is 51.2 Å². The van der Waals surface area contributed by atoms with E-state index < -0.39 is 11.7 Å². The molecule has 0 aliphatic carbocycles. The lowest BCUT2D eigenvalue weighted by molar-refractivity contribution is 0.0503. The largest absolute Gasteiger partial charge is 0.444 e. The molecule has 26 heavy (non-hydrogen) atoms. The lowest BCUT2D eigenvalue weighted by Crippen LogP contribution is -2.35. The predicted molar refractivity (Wildman–Crippen MR) is 104 cm³/mol. The number of nitrogens with one attached hydrogen (secondary N) is 1. The Morgan fingerprint density at radius 1 is 1.00 bits per heavy atom. The Hall–Kier alpha value is -2.88. The molecule has 1 heterocycles. The fourth-order valence-corrected chi connectivity index (χ4v) is 2.82. The van der Waals surface area contributed by atoms with Gasteiger partial charge in [0.2, 0.25) is 0 Å². The highest BCUT2D eigenvalue weighted by Crippen LogP contribution is 2.20. The Kier molecular flexibility index (Phi) is 5.21. The molecule has 3 rings (SSSR count). The number of hydrogen-bond donors (Lipinski definition) is 1. The molecule has 1 atom stereocenters. The molecule has 0 radical (unpaired) electrons. The molecule has 1 aromatic heterocycles. The number of benzene rings is 2. The van der Waals surface area contributed by atoms with Crippen molar-refractivity contribution in [3.05, 3.63) is 78.0 Å². The van der Waals surface area contributed by atoms with Crippen molar-refractivity contribution in [1.29, 1.82) is 0 Å². The van der Waals surface area contributed by atoms with Gasteiger partial charge in [-0.05, 0) is 38.5 Å². The van der Waals surface area contributed by atoms with Crippen LogP contribution >= 0.6 is 0 Å². The molecule has 4 heteroatoms. The first-order valence-electron chi connectivity index (χ1n) is 8.80. The summed E-state index contributed by atoms with van der Waals surface area (Å²) in [6.45, 7) is 5.57. The quantitative estimate of drug-likeness (QED) is 0.718. The fraction of sp³-hybridized carbons (Fsp3) is 0.273. The molecular formula is C22H24N2O2. The minimum Gasteiger partial charge on any atom is -0.444 e. The summed E-state index contributed by atoms with van der Waals surface area (Å²) in [6.07, 6.45) is 0.167. The van der Waals surface area contributed by atoms with Crippen LogP contribution in [0.4, 0.5) is 4.79 Å². The maximum Gasteiger partial charge on any atom is 0.408 e. The predicted octanol–water partition coefficient (Wildman–Crippen LogP) is 5.04. The van der Waals surface area contributed by atoms with Gasteiger partial charge in [-0.25, -0.2) is 4.79 Å². The van der Waals surface area contributed by atoms with E-state index in [0.29, 0.717) is 6.42 Å². The number of hydrogen-bond acceptors (Lipinski definition) is 3. The van der Waals surface area contributed by atoms with Crippen molar-refractivity contribution < 1.29 is 9.53 Å². The number of aromatic nitrogens is 1. The van der Waals surface area contributed by atoms with E-state index in [2.05, 4.69) is 11.4 Å². The molecule has 0 aliphatic heterocycles. The third kappa shape index (κ3) is 4.82. The van der Waals surface area contributed by atoms with Crippen LogP contribution in [-0.2, 0) is 11.2 Å². The second-order valence-electron chi connectivity index (χ2n) is 7.31. The summed E-state index contributed by atoms with van der Waals surface area (Å²) in [5.74, 6) is 0. The molecule has 0 aliphatic rings. The lowest BCUT2D eigenvalue weighted by atomic mass is 10.0. The van der Waals surface area contributed by atoms with Crippen LogP contribution in [0.1, 0.15) is 38.1 Å². The minimum atomic E-state index is -0.535. The first kappa shape index (κ1) is 17.9. The van der Waals surface area contributed by atoms with E-state index in [4.69, 9.17) is 9.72 Å². The van der Waals surface area contributed by atoms with Gasteiger partial charge in [0.05, 0.1) is 11.6 Å². The summed E-state index contributed by atoms with van der Waals surface area (Å²) in [5, 5.41) is 4.09. The number of amides is 1. The number of para-hydroxylation sites is 1. The summed E-state index contributed by atoms with van der Waals surface area (Å²) in [7, 11) is 0. The van der Waals surface area contributed by atoms with Crippen molar-refractivity contribution in [2.45, 2.75) is 38.8 Å². The Balaban J connectivity index is 1.84. The molecule has 134 valence electrons. The number of fused-ring (bicyclic) bond motifs is 1. The van der Waals surface area contributed by atoms with E-state index in [1.807, 2.05) is 81.4 Å². The summed E-state index contributed by atoms with van der Waals surface area (Å²) < 4.78 is 5.43. The van der Waals surface area contributed by atoms with Crippen LogP contribution in [0.15, 0.2) is 66.7 Å². The van der Waals surface area contributed by atoms with Crippen LogP contribution in [0.3, 0.4) is 0 Å². The standard InChI is InChI=1S/C22H24N2O2/c1-22(2,3)26-21(25)24-20(16-9-5-4-6-10-16)15-18-14-13-17-11-7-8-12-19(17)23-18/h4-14,20H,15H2,1-3H3,(H,24,25). The summed E-state index contributed by atoms with van der Waals surface area (Å²) in [6, 6.07) is 21.8. The van der Waals surface area contributed by atoms with Gasteiger partial charge in [0.25, 0.3) is 0 Å². The number of carbonyl (C=O) groups is 1. The molecule has 0 fully saturated rings. The highest BCUT2D eigenvalue weighted by atomic mass is 16.6. The fourth-order valence-electron chi connectivity index (χ4n) is 2.82. The monoisotopic (exact) mass is 348 g/mol. The van der Waals surface area contributed by atoms with Crippen molar-refractivity contribution in [1.82, 2.24) is 10.3 Å². The Labute approximate surface area is 154 Å². The zero-order valence-electron chi connectivity index (χ0n) is 15.4. The van der Waals surface area contributed by atoms with Gasteiger partial charge in [-0.1, -0.05) is 54.6 Å². The van der Waals surface area contributed by atoms with E-state index in [-0.39, 0.29) is 6.04 Å². The third-order valence-electron chi connectivity index (χ3n) is 3.96. The number of ether oxygens (including phenoxy) is 1.